The van der Waals surface area contributed by atoms with E-state index in [0.717, 1.165) is 17.0 Å². The number of carbonyl (C=O) groups is 1. The Kier molecular flexibility index (Phi) is 4.83. The molecular formula is C18H20N6O2. The van der Waals surface area contributed by atoms with E-state index in [9.17, 15) is 4.79 Å². The molecule has 0 bridgehead atoms. The van der Waals surface area contributed by atoms with E-state index in [-0.39, 0.29) is 0 Å². The van der Waals surface area contributed by atoms with Gasteiger partial charge in [-0.05, 0) is 44.5 Å². The fraction of sp³-hybridized carbons (Fsp3) is 0.222. The van der Waals surface area contributed by atoms with E-state index in [0.29, 0.717) is 23.1 Å². The van der Waals surface area contributed by atoms with Crippen LogP contribution in [-0.4, -0.2) is 32.9 Å². The fourth-order valence-corrected chi connectivity index (χ4v) is 2.58. The van der Waals surface area contributed by atoms with E-state index in [1.165, 1.54) is 6.33 Å². The highest BCUT2D eigenvalue weighted by Gasteiger charge is 2.11. The maximum atomic E-state index is 12.3. The number of hydrogen-bond donors (Lipinski definition) is 2. The predicted octanol–water partition coefficient (Wildman–Crippen LogP) is 3.24. The molecule has 0 unspecified atom stereocenters. The van der Waals surface area contributed by atoms with E-state index >= 15 is 0 Å². The van der Waals surface area contributed by atoms with Crippen molar-refractivity contribution in [1.29, 1.82) is 0 Å². The molecule has 3 aromatic rings. The van der Waals surface area contributed by atoms with Crippen LogP contribution < -0.4 is 15.4 Å². The number of nitrogens with zero attached hydrogens (tertiary/aromatic N) is 4. The molecule has 0 saturated heterocycles. The zero-order valence-corrected chi connectivity index (χ0v) is 15.1. The summed E-state index contributed by atoms with van der Waals surface area (Å²) in [5.41, 5.74) is 3.42. The molecular weight excluding hydrogens is 332 g/mol. The van der Waals surface area contributed by atoms with Gasteiger partial charge in [0.2, 0.25) is 0 Å². The minimum Gasteiger partial charge on any atom is -0.495 e. The summed E-state index contributed by atoms with van der Waals surface area (Å²) in [6, 6.07) is 8.73. The van der Waals surface area contributed by atoms with Crippen molar-refractivity contribution < 1.29 is 9.53 Å². The molecule has 0 aliphatic rings. The fourth-order valence-electron chi connectivity index (χ4n) is 2.58. The Morgan fingerprint density at radius 3 is 2.58 bits per heavy atom. The third kappa shape index (κ3) is 3.80. The summed E-state index contributed by atoms with van der Waals surface area (Å²) in [4.78, 5) is 20.6. The molecule has 0 radical (unpaired) electrons. The summed E-state index contributed by atoms with van der Waals surface area (Å²) in [7, 11) is 1.55. The van der Waals surface area contributed by atoms with Crippen molar-refractivity contribution in [2.75, 3.05) is 17.7 Å². The largest absolute Gasteiger partial charge is 0.495 e. The van der Waals surface area contributed by atoms with Gasteiger partial charge in [0.1, 0.15) is 17.9 Å². The van der Waals surface area contributed by atoms with Gasteiger partial charge in [-0.15, -0.1) is 0 Å². The first-order valence-electron chi connectivity index (χ1n) is 8.04. The summed E-state index contributed by atoms with van der Waals surface area (Å²) in [5, 5.41) is 9.85. The molecule has 0 spiro atoms. The molecule has 3 rings (SSSR count). The van der Waals surface area contributed by atoms with Crippen molar-refractivity contribution in [3.63, 3.8) is 0 Å². The zero-order valence-electron chi connectivity index (χ0n) is 15.1. The molecule has 0 atom stereocenters. The molecule has 8 nitrogen and oxygen atoms in total. The maximum absolute atomic E-state index is 12.3. The van der Waals surface area contributed by atoms with Crippen LogP contribution >= 0.6 is 0 Å². The van der Waals surface area contributed by atoms with Gasteiger partial charge in [-0.2, -0.15) is 5.10 Å². The number of amides is 2. The number of benzene rings is 1. The highest BCUT2D eigenvalue weighted by Crippen LogP contribution is 2.25. The van der Waals surface area contributed by atoms with Crippen LogP contribution in [0.3, 0.4) is 0 Å². The Labute approximate surface area is 151 Å². The van der Waals surface area contributed by atoms with Crippen molar-refractivity contribution in [1.82, 2.24) is 19.7 Å². The van der Waals surface area contributed by atoms with Crippen LogP contribution in [0.4, 0.5) is 16.3 Å². The predicted molar refractivity (Wildman–Crippen MR) is 99.0 cm³/mol. The number of aryl methyl sites for hydroxylation is 3. The molecule has 0 fully saturated rings. The average Bonchev–Trinajstić information content (AvgIpc) is 2.93. The molecule has 0 saturated carbocycles. The molecule has 2 N–H and O–H groups in total. The van der Waals surface area contributed by atoms with Crippen molar-refractivity contribution in [3.05, 3.63) is 53.6 Å². The molecule has 0 aliphatic heterocycles. The van der Waals surface area contributed by atoms with Gasteiger partial charge in [-0.1, -0.05) is 6.07 Å². The first-order valence-corrected chi connectivity index (χ1v) is 8.04. The second-order valence-corrected chi connectivity index (χ2v) is 5.88. The van der Waals surface area contributed by atoms with Crippen LogP contribution in [0.25, 0.3) is 5.82 Å². The highest BCUT2D eigenvalue weighted by atomic mass is 16.5. The second-order valence-electron chi connectivity index (χ2n) is 5.88. The number of aromatic nitrogens is 4. The minimum atomic E-state index is -0.424. The summed E-state index contributed by atoms with van der Waals surface area (Å²) < 4.78 is 6.96. The molecule has 2 amide bonds. The van der Waals surface area contributed by atoms with E-state index in [2.05, 4.69) is 25.7 Å². The lowest BCUT2D eigenvalue weighted by Crippen LogP contribution is -2.21. The SMILES string of the molecule is COc1ccc(C)cc1NC(=O)Nc1cc(-n2nc(C)cc2C)ncn1. The number of rotatable bonds is 4. The highest BCUT2D eigenvalue weighted by molar-refractivity contribution is 6.00. The lowest BCUT2D eigenvalue weighted by Gasteiger charge is -2.12. The lowest BCUT2D eigenvalue weighted by atomic mass is 10.2. The van der Waals surface area contributed by atoms with E-state index < -0.39 is 6.03 Å². The van der Waals surface area contributed by atoms with Gasteiger partial charge in [-0.3, -0.25) is 5.32 Å². The first-order chi connectivity index (χ1) is 12.5. The standard InChI is InChI=1S/C18H20N6O2/c1-11-5-6-15(26-4)14(7-11)21-18(25)22-16-9-17(20-10-19-16)24-13(3)8-12(2)23-24/h5-10H,1-4H3,(H2,19,20,21,22,25). The number of carbonyl (C=O) groups excluding carboxylic acids is 1. The van der Waals surface area contributed by atoms with Crippen LogP contribution in [0, 0.1) is 20.8 Å². The van der Waals surface area contributed by atoms with E-state index in [4.69, 9.17) is 4.74 Å². The van der Waals surface area contributed by atoms with Gasteiger partial charge in [0.25, 0.3) is 0 Å². The van der Waals surface area contributed by atoms with Gasteiger partial charge in [0.05, 0.1) is 18.5 Å². The number of anilines is 2. The Hall–Kier alpha value is -3.42. The topological polar surface area (TPSA) is 94.0 Å². The molecule has 26 heavy (non-hydrogen) atoms. The van der Waals surface area contributed by atoms with Gasteiger partial charge in [0.15, 0.2) is 5.82 Å². The summed E-state index contributed by atoms with van der Waals surface area (Å²) in [6.07, 6.45) is 1.38. The molecule has 2 heterocycles. The monoisotopic (exact) mass is 352 g/mol. The maximum Gasteiger partial charge on any atom is 0.324 e. The number of nitrogens with one attached hydrogen (secondary N) is 2. The van der Waals surface area contributed by atoms with E-state index in [1.54, 1.807) is 23.9 Å². The minimum absolute atomic E-state index is 0.367. The Morgan fingerprint density at radius 1 is 1.08 bits per heavy atom. The molecule has 0 aliphatic carbocycles. The quantitative estimate of drug-likeness (QED) is 0.752. The Bertz CT molecular complexity index is 951. The summed E-state index contributed by atoms with van der Waals surface area (Å²) >= 11 is 0. The third-order valence-electron chi connectivity index (χ3n) is 3.72. The molecule has 1 aromatic carbocycles. The average molecular weight is 352 g/mol. The Morgan fingerprint density at radius 2 is 1.88 bits per heavy atom. The van der Waals surface area contributed by atoms with Crippen LogP contribution in [0.2, 0.25) is 0 Å². The van der Waals surface area contributed by atoms with E-state index in [1.807, 2.05) is 39.0 Å². The second kappa shape index (κ2) is 7.22. The van der Waals surface area contributed by atoms with Gasteiger partial charge < -0.3 is 10.1 Å². The van der Waals surface area contributed by atoms with Crippen LogP contribution in [-0.2, 0) is 0 Å². The number of hydrogen-bond acceptors (Lipinski definition) is 5. The Balaban J connectivity index is 1.77. The van der Waals surface area contributed by atoms with Crippen molar-refractivity contribution in [2.45, 2.75) is 20.8 Å². The first kappa shape index (κ1) is 17.4. The lowest BCUT2D eigenvalue weighted by molar-refractivity contribution is 0.262. The molecule has 134 valence electrons. The van der Waals surface area contributed by atoms with Crippen molar-refractivity contribution in [2.24, 2.45) is 0 Å². The number of methoxy groups -OCH3 is 1. The molecule has 2 aromatic heterocycles. The van der Waals surface area contributed by atoms with Crippen molar-refractivity contribution in [3.8, 4) is 11.6 Å². The van der Waals surface area contributed by atoms with Crippen molar-refractivity contribution >= 4 is 17.5 Å². The third-order valence-corrected chi connectivity index (χ3v) is 3.72. The van der Waals surface area contributed by atoms with Crippen LogP contribution in [0.1, 0.15) is 17.0 Å². The normalized spacial score (nSPS) is 10.5. The van der Waals surface area contributed by atoms with Crippen LogP contribution in [0.5, 0.6) is 5.75 Å². The summed E-state index contributed by atoms with van der Waals surface area (Å²) in [6.45, 7) is 5.78. The molecule has 8 heteroatoms. The van der Waals surface area contributed by atoms with Gasteiger partial charge >= 0.3 is 6.03 Å². The number of ether oxygens (including phenoxy) is 1. The number of urea groups is 1. The van der Waals surface area contributed by atoms with Crippen LogP contribution in [0.15, 0.2) is 36.7 Å². The smallest absolute Gasteiger partial charge is 0.324 e. The van der Waals surface area contributed by atoms with Gasteiger partial charge in [-0.25, -0.2) is 19.4 Å². The zero-order chi connectivity index (χ0) is 18.7. The van der Waals surface area contributed by atoms with Gasteiger partial charge in [0, 0.05) is 11.8 Å². The summed E-state index contributed by atoms with van der Waals surface area (Å²) in [5.74, 6) is 1.53.